The van der Waals surface area contributed by atoms with Crippen LogP contribution in [-0.2, 0) is 9.47 Å². The maximum absolute atomic E-state index is 4.60. The maximum atomic E-state index is 4.60. The minimum Gasteiger partial charge on any atom is -0.475 e. The zero-order chi connectivity index (χ0) is 4.24. The molecule has 0 aromatic heterocycles. The van der Waals surface area contributed by atoms with Crippen molar-refractivity contribution in [2.24, 2.45) is 0 Å². The highest BCUT2D eigenvalue weighted by Crippen LogP contribution is 1.92. The number of ether oxygens (including phenoxy) is 2. The first kappa shape index (κ1) is 3.68. The molecular formula is C4H4O2. The summed E-state index contributed by atoms with van der Waals surface area (Å²) in [4.78, 5) is 0. The third kappa shape index (κ3) is 0.723. The van der Waals surface area contributed by atoms with Crippen LogP contribution in [0.1, 0.15) is 0 Å². The van der Waals surface area contributed by atoms with Crippen molar-refractivity contribution in [2.45, 2.75) is 0 Å². The second kappa shape index (κ2) is 1.82. The lowest BCUT2D eigenvalue weighted by molar-refractivity contribution is 0.0145. The molecule has 0 amide bonds. The quantitative estimate of drug-likeness (QED) is 0.426. The standard InChI is InChI=1S/C4H4O2/c1-2-5-4-6-3-1/h1-2H,4H2. The molecule has 1 rings (SSSR count). The molecule has 0 saturated carbocycles. The molecule has 0 aromatic carbocycles. The Balaban J connectivity index is 2.26. The van der Waals surface area contributed by atoms with Crippen molar-refractivity contribution in [3.8, 4) is 0 Å². The van der Waals surface area contributed by atoms with E-state index < -0.39 is 0 Å². The summed E-state index contributed by atoms with van der Waals surface area (Å²) in [5.74, 6) is 0. The van der Waals surface area contributed by atoms with Crippen molar-refractivity contribution in [2.75, 3.05) is 6.79 Å². The molecule has 2 heteroatoms. The molecule has 0 bridgehead atoms. The molecular weight excluding hydrogens is 80.0 g/mol. The first-order chi connectivity index (χ1) is 3.00. The summed E-state index contributed by atoms with van der Waals surface area (Å²) in [6, 6.07) is 0. The minimum absolute atomic E-state index is 0.302. The highest BCUT2D eigenvalue weighted by Gasteiger charge is 1.87. The van der Waals surface area contributed by atoms with E-state index >= 15 is 0 Å². The molecule has 0 fully saturated rings. The molecule has 1 aliphatic heterocycles. The fraction of sp³-hybridized carbons (Fsp3) is 0.250. The van der Waals surface area contributed by atoms with Gasteiger partial charge in [-0.3, -0.25) is 0 Å². The Morgan fingerprint density at radius 1 is 1.67 bits per heavy atom. The molecule has 0 unspecified atom stereocenters. The van der Waals surface area contributed by atoms with E-state index in [4.69, 9.17) is 0 Å². The molecule has 0 atom stereocenters. The molecule has 0 spiro atoms. The Morgan fingerprint density at radius 2 is 2.67 bits per heavy atom. The topological polar surface area (TPSA) is 18.5 Å². The van der Waals surface area contributed by atoms with Crippen LogP contribution < -0.4 is 0 Å². The van der Waals surface area contributed by atoms with E-state index in [-0.39, 0.29) is 0 Å². The van der Waals surface area contributed by atoms with E-state index in [0.717, 1.165) is 0 Å². The van der Waals surface area contributed by atoms with Crippen LogP contribution in [0.25, 0.3) is 0 Å². The maximum Gasteiger partial charge on any atom is 0.189 e. The van der Waals surface area contributed by atoms with Gasteiger partial charge in [0.15, 0.2) is 13.4 Å². The third-order valence-electron chi connectivity index (χ3n) is 0.443. The molecule has 6 heavy (non-hydrogen) atoms. The van der Waals surface area contributed by atoms with Gasteiger partial charge in [-0.25, -0.2) is 0 Å². The fourth-order valence-electron chi connectivity index (χ4n) is 0.231. The molecule has 2 radical (unpaired) electrons. The predicted molar refractivity (Wildman–Crippen MR) is 19.4 cm³/mol. The van der Waals surface area contributed by atoms with Gasteiger partial charge in [-0.1, -0.05) is 0 Å². The van der Waals surface area contributed by atoms with Crippen LogP contribution in [0, 0.1) is 6.61 Å². The van der Waals surface area contributed by atoms with E-state index in [2.05, 4.69) is 16.1 Å². The van der Waals surface area contributed by atoms with Gasteiger partial charge in [-0.15, -0.1) is 0 Å². The highest BCUT2D eigenvalue weighted by molar-refractivity contribution is 4.84. The van der Waals surface area contributed by atoms with Gasteiger partial charge in [-0.2, -0.15) is 0 Å². The summed E-state index contributed by atoms with van der Waals surface area (Å²) in [5.41, 5.74) is 0. The van der Waals surface area contributed by atoms with Crippen molar-refractivity contribution in [1.82, 2.24) is 0 Å². The Morgan fingerprint density at radius 3 is 2.83 bits per heavy atom. The number of hydrogen-bond acceptors (Lipinski definition) is 2. The summed E-state index contributed by atoms with van der Waals surface area (Å²) >= 11 is 0. The summed E-state index contributed by atoms with van der Waals surface area (Å²) < 4.78 is 9.11. The largest absolute Gasteiger partial charge is 0.475 e. The van der Waals surface area contributed by atoms with Gasteiger partial charge in [0, 0.05) is 0 Å². The van der Waals surface area contributed by atoms with Crippen molar-refractivity contribution >= 4 is 0 Å². The lowest BCUT2D eigenvalue weighted by atomic mass is 10.7. The Labute approximate surface area is 36.4 Å². The minimum atomic E-state index is 0.302. The summed E-state index contributed by atoms with van der Waals surface area (Å²) in [5, 5.41) is 0. The normalized spacial score (nSPS) is 20.0. The van der Waals surface area contributed by atoms with Gasteiger partial charge in [0.05, 0.1) is 6.26 Å². The van der Waals surface area contributed by atoms with E-state index in [1.165, 1.54) is 6.26 Å². The second-order valence-corrected chi connectivity index (χ2v) is 0.849. The van der Waals surface area contributed by atoms with Gasteiger partial charge < -0.3 is 9.47 Å². The Kier molecular flexibility index (Phi) is 1.12. The van der Waals surface area contributed by atoms with E-state index in [1.807, 2.05) is 0 Å². The van der Waals surface area contributed by atoms with Crippen LogP contribution in [0.5, 0.6) is 0 Å². The highest BCUT2D eigenvalue weighted by atomic mass is 16.7. The van der Waals surface area contributed by atoms with Gasteiger partial charge >= 0.3 is 0 Å². The van der Waals surface area contributed by atoms with Gasteiger partial charge in [0.25, 0.3) is 0 Å². The average molecular weight is 84.1 g/mol. The SMILES string of the molecule is [C]1C=COCO1. The average Bonchev–Trinajstić information content (AvgIpc) is 1.72. The van der Waals surface area contributed by atoms with E-state index in [9.17, 15) is 0 Å². The predicted octanol–water partition coefficient (Wildman–Crippen LogP) is 0.543. The molecule has 2 nitrogen and oxygen atoms in total. The lowest BCUT2D eigenvalue weighted by Gasteiger charge is -2.02. The fourth-order valence-corrected chi connectivity index (χ4v) is 0.231. The first-order valence-electron chi connectivity index (χ1n) is 1.64. The smallest absolute Gasteiger partial charge is 0.189 e. The van der Waals surface area contributed by atoms with Gasteiger partial charge in [0.1, 0.15) is 0 Å². The summed E-state index contributed by atoms with van der Waals surface area (Å²) in [6.45, 7) is 2.78. The van der Waals surface area contributed by atoms with Gasteiger partial charge in [-0.05, 0) is 6.08 Å². The zero-order valence-electron chi connectivity index (χ0n) is 3.18. The molecule has 0 aromatic rings. The van der Waals surface area contributed by atoms with Crippen LogP contribution in [0.4, 0.5) is 0 Å². The van der Waals surface area contributed by atoms with Crippen molar-refractivity contribution < 1.29 is 9.47 Å². The second-order valence-electron chi connectivity index (χ2n) is 0.849. The van der Waals surface area contributed by atoms with E-state index in [0.29, 0.717) is 6.79 Å². The first-order valence-corrected chi connectivity index (χ1v) is 1.64. The van der Waals surface area contributed by atoms with Crippen molar-refractivity contribution in [1.29, 1.82) is 0 Å². The van der Waals surface area contributed by atoms with E-state index in [1.54, 1.807) is 6.08 Å². The van der Waals surface area contributed by atoms with Crippen LogP contribution >= 0.6 is 0 Å². The molecule has 1 aliphatic rings. The molecule has 1 heterocycles. The zero-order valence-corrected chi connectivity index (χ0v) is 3.18. The third-order valence-corrected chi connectivity index (χ3v) is 0.443. The van der Waals surface area contributed by atoms with Crippen LogP contribution in [0.2, 0.25) is 0 Å². The van der Waals surface area contributed by atoms with Gasteiger partial charge in [0.2, 0.25) is 0 Å². The monoisotopic (exact) mass is 84.0 g/mol. The lowest BCUT2D eigenvalue weighted by Crippen LogP contribution is -1.95. The molecule has 0 N–H and O–H groups in total. The van der Waals surface area contributed by atoms with Crippen LogP contribution in [0.3, 0.4) is 0 Å². The van der Waals surface area contributed by atoms with Crippen molar-refractivity contribution in [3.63, 3.8) is 0 Å². The number of hydrogen-bond donors (Lipinski definition) is 0. The van der Waals surface area contributed by atoms with Crippen LogP contribution in [0.15, 0.2) is 12.3 Å². The van der Waals surface area contributed by atoms with Crippen molar-refractivity contribution in [3.05, 3.63) is 18.9 Å². The van der Waals surface area contributed by atoms with Crippen LogP contribution in [-0.4, -0.2) is 6.79 Å². The molecule has 0 aliphatic carbocycles. The molecule has 0 saturated heterocycles. The Bertz CT molecular complexity index is 50.6. The summed E-state index contributed by atoms with van der Waals surface area (Å²) in [6.07, 6.45) is 3.10. The summed E-state index contributed by atoms with van der Waals surface area (Å²) in [7, 11) is 0. The molecule has 32 valence electrons. The number of rotatable bonds is 0. The Hall–Kier alpha value is -0.500.